The van der Waals surface area contributed by atoms with Crippen molar-refractivity contribution in [3.8, 4) is 6.19 Å². The molecule has 1 atom stereocenters. The second kappa shape index (κ2) is 5.11. The molecule has 2 heterocycles. The first kappa shape index (κ1) is 11.8. The molecule has 2 rings (SSSR count). The van der Waals surface area contributed by atoms with Crippen molar-refractivity contribution in [3.63, 3.8) is 0 Å². The first-order valence-electron chi connectivity index (χ1n) is 5.84. The Morgan fingerprint density at radius 1 is 1.47 bits per heavy atom. The van der Waals surface area contributed by atoms with E-state index in [1.807, 2.05) is 18.6 Å². The minimum Gasteiger partial charge on any atom is -0.306 e. The van der Waals surface area contributed by atoms with Gasteiger partial charge in [-0.1, -0.05) is 0 Å². The summed E-state index contributed by atoms with van der Waals surface area (Å²) in [5.74, 6) is 0.982. The van der Waals surface area contributed by atoms with Crippen molar-refractivity contribution in [2.24, 2.45) is 0 Å². The van der Waals surface area contributed by atoms with Crippen molar-refractivity contribution in [2.75, 3.05) is 32.1 Å². The van der Waals surface area contributed by atoms with Crippen LogP contribution in [0.1, 0.15) is 24.3 Å². The summed E-state index contributed by atoms with van der Waals surface area (Å²) in [6, 6.07) is 0. The first-order chi connectivity index (χ1) is 8.20. The number of hydrogen-bond donors (Lipinski definition) is 0. The molecule has 1 fully saturated rings. The number of anilines is 1. The molecule has 1 aromatic rings. The van der Waals surface area contributed by atoms with Gasteiger partial charge in [0.05, 0.1) is 0 Å². The van der Waals surface area contributed by atoms with Gasteiger partial charge in [0.2, 0.25) is 5.95 Å². The van der Waals surface area contributed by atoms with E-state index in [0.29, 0.717) is 11.9 Å². The van der Waals surface area contributed by atoms with E-state index in [4.69, 9.17) is 5.26 Å². The molecule has 90 valence electrons. The number of rotatable bonds is 2. The lowest BCUT2D eigenvalue weighted by Gasteiger charge is -2.29. The highest BCUT2D eigenvalue weighted by Crippen LogP contribution is 2.25. The second-order valence-corrected chi connectivity index (χ2v) is 4.58. The van der Waals surface area contributed by atoms with Gasteiger partial charge in [0.1, 0.15) is 0 Å². The SMILES string of the molecule is CN1CCCC(c2cnc(N(C)C#N)nc2)C1. The van der Waals surface area contributed by atoms with Crippen LogP contribution in [-0.2, 0) is 0 Å². The Balaban J connectivity index is 2.10. The molecule has 1 unspecified atom stereocenters. The van der Waals surface area contributed by atoms with E-state index in [2.05, 4.69) is 21.9 Å². The molecule has 0 spiro atoms. The summed E-state index contributed by atoms with van der Waals surface area (Å²) in [6.45, 7) is 2.24. The Hall–Kier alpha value is -1.67. The second-order valence-electron chi connectivity index (χ2n) is 4.58. The van der Waals surface area contributed by atoms with Crippen LogP contribution in [0.3, 0.4) is 0 Å². The Morgan fingerprint density at radius 3 is 2.76 bits per heavy atom. The van der Waals surface area contributed by atoms with E-state index in [9.17, 15) is 0 Å². The summed E-state index contributed by atoms with van der Waals surface area (Å²) in [7, 11) is 3.80. The number of nitrogens with zero attached hydrogens (tertiary/aromatic N) is 5. The topological polar surface area (TPSA) is 56.1 Å². The van der Waals surface area contributed by atoms with Crippen LogP contribution in [0.4, 0.5) is 5.95 Å². The Kier molecular flexibility index (Phi) is 3.55. The molecule has 1 saturated heterocycles. The summed E-state index contributed by atoms with van der Waals surface area (Å²) < 4.78 is 0. The summed E-state index contributed by atoms with van der Waals surface area (Å²) in [5.41, 5.74) is 1.17. The van der Waals surface area contributed by atoms with E-state index in [1.54, 1.807) is 7.05 Å². The van der Waals surface area contributed by atoms with Gasteiger partial charge < -0.3 is 4.90 Å². The fourth-order valence-electron chi connectivity index (χ4n) is 2.20. The van der Waals surface area contributed by atoms with Gasteiger partial charge in [0, 0.05) is 26.0 Å². The lowest BCUT2D eigenvalue weighted by Crippen LogP contribution is -2.31. The quantitative estimate of drug-likeness (QED) is 0.565. The summed E-state index contributed by atoms with van der Waals surface area (Å²) in [6.07, 6.45) is 8.10. The monoisotopic (exact) mass is 231 g/mol. The molecule has 0 radical (unpaired) electrons. The molecule has 5 heteroatoms. The summed E-state index contributed by atoms with van der Waals surface area (Å²) in [5, 5.41) is 8.73. The molecular formula is C12H17N5. The molecule has 0 N–H and O–H groups in total. The smallest absolute Gasteiger partial charge is 0.238 e. The molecule has 1 aliphatic rings. The molecule has 1 aromatic heterocycles. The van der Waals surface area contributed by atoms with Gasteiger partial charge in [-0.25, -0.2) is 9.97 Å². The van der Waals surface area contributed by atoms with Gasteiger partial charge in [-0.05, 0) is 37.9 Å². The van der Waals surface area contributed by atoms with Gasteiger partial charge in [0.15, 0.2) is 6.19 Å². The van der Waals surface area contributed by atoms with Crippen molar-refractivity contribution in [1.82, 2.24) is 14.9 Å². The summed E-state index contributed by atoms with van der Waals surface area (Å²) >= 11 is 0. The van der Waals surface area contributed by atoms with Gasteiger partial charge in [-0.2, -0.15) is 5.26 Å². The zero-order valence-corrected chi connectivity index (χ0v) is 10.3. The van der Waals surface area contributed by atoms with Gasteiger partial charge in [-0.3, -0.25) is 4.90 Å². The van der Waals surface area contributed by atoms with Gasteiger partial charge in [-0.15, -0.1) is 0 Å². The summed E-state index contributed by atoms with van der Waals surface area (Å²) in [4.78, 5) is 12.1. The maximum atomic E-state index is 8.73. The molecule has 5 nitrogen and oxygen atoms in total. The average Bonchev–Trinajstić information content (AvgIpc) is 2.38. The zero-order valence-electron chi connectivity index (χ0n) is 10.3. The van der Waals surface area contributed by atoms with Crippen LogP contribution in [0.15, 0.2) is 12.4 Å². The molecule has 0 aliphatic carbocycles. The molecule has 0 saturated carbocycles. The third-order valence-corrected chi connectivity index (χ3v) is 3.20. The fraction of sp³-hybridized carbons (Fsp3) is 0.583. The first-order valence-corrected chi connectivity index (χ1v) is 5.84. The molecule has 1 aliphatic heterocycles. The van der Waals surface area contributed by atoms with Crippen LogP contribution in [0.25, 0.3) is 0 Å². The molecule has 0 amide bonds. The van der Waals surface area contributed by atoms with E-state index < -0.39 is 0 Å². The Morgan fingerprint density at radius 2 is 2.18 bits per heavy atom. The van der Waals surface area contributed by atoms with Crippen molar-refractivity contribution in [2.45, 2.75) is 18.8 Å². The minimum absolute atomic E-state index is 0.459. The van der Waals surface area contributed by atoms with Gasteiger partial charge >= 0.3 is 0 Å². The van der Waals surface area contributed by atoms with Crippen LogP contribution >= 0.6 is 0 Å². The van der Waals surface area contributed by atoms with Crippen LogP contribution in [-0.4, -0.2) is 42.1 Å². The van der Waals surface area contributed by atoms with Crippen molar-refractivity contribution in [3.05, 3.63) is 18.0 Å². The third-order valence-electron chi connectivity index (χ3n) is 3.20. The molecule has 0 bridgehead atoms. The predicted molar refractivity (Wildman–Crippen MR) is 65.5 cm³/mol. The largest absolute Gasteiger partial charge is 0.306 e. The number of piperidine rings is 1. The highest BCUT2D eigenvalue weighted by molar-refractivity contribution is 5.34. The van der Waals surface area contributed by atoms with Crippen LogP contribution in [0.5, 0.6) is 0 Å². The normalized spacial score (nSPS) is 20.9. The Bertz CT molecular complexity index is 408. The van der Waals surface area contributed by atoms with E-state index >= 15 is 0 Å². The number of likely N-dealkylation sites (tertiary alicyclic amines) is 1. The maximum absolute atomic E-state index is 8.73. The molecule has 0 aromatic carbocycles. The van der Waals surface area contributed by atoms with E-state index in [0.717, 1.165) is 6.54 Å². The van der Waals surface area contributed by atoms with Gasteiger partial charge in [0.25, 0.3) is 0 Å². The standard InChI is InChI=1S/C12H17N5/c1-16-5-3-4-10(8-16)11-6-14-12(15-7-11)17(2)9-13/h6-7,10H,3-5,8H2,1-2H3. The van der Waals surface area contributed by atoms with Crippen LogP contribution in [0, 0.1) is 11.5 Å². The molecular weight excluding hydrogens is 214 g/mol. The number of hydrogen-bond acceptors (Lipinski definition) is 5. The van der Waals surface area contributed by atoms with Crippen LogP contribution < -0.4 is 4.90 Å². The molecule has 17 heavy (non-hydrogen) atoms. The van der Waals surface area contributed by atoms with Crippen molar-refractivity contribution < 1.29 is 0 Å². The van der Waals surface area contributed by atoms with Crippen LogP contribution in [0.2, 0.25) is 0 Å². The highest BCUT2D eigenvalue weighted by Gasteiger charge is 2.19. The number of aromatic nitrogens is 2. The fourth-order valence-corrected chi connectivity index (χ4v) is 2.20. The van der Waals surface area contributed by atoms with E-state index in [-0.39, 0.29) is 0 Å². The number of likely N-dealkylation sites (N-methyl/N-ethyl adjacent to an activating group) is 1. The highest BCUT2D eigenvalue weighted by atomic mass is 15.2. The average molecular weight is 231 g/mol. The van der Waals surface area contributed by atoms with Crippen molar-refractivity contribution in [1.29, 1.82) is 5.26 Å². The third kappa shape index (κ3) is 2.71. The van der Waals surface area contributed by atoms with Crippen molar-refractivity contribution >= 4 is 5.95 Å². The lowest BCUT2D eigenvalue weighted by molar-refractivity contribution is 0.250. The minimum atomic E-state index is 0.459. The number of nitriles is 1. The van der Waals surface area contributed by atoms with E-state index in [1.165, 1.54) is 29.8 Å². The Labute approximate surface area is 102 Å². The lowest BCUT2D eigenvalue weighted by atomic mass is 9.93. The zero-order chi connectivity index (χ0) is 12.3. The maximum Gasteiger partial charge on any atom is 0.238 e. The predicted octanol–water partition coefficient (Wildman–Crippen LogP) is 1.20.